The lowest BCUT2D eigenvalue weighted by Crippen LogP contribution is -2.40. The van der Waals surface area contributed by atoms with Crippen LogP contribution in [0.15, 0.2) is 41.3 Å². The molecule has 2 aliphatic rings. The second kappa shape index (κ2) is 9.67. The van der Waals surface area contributed by atoms with Gasteiger partial charge in [0.05, 0.1) is 6.26 Å². The van der Waals surface area contributed by atoms with Crippen LogP contribution in [0.3, 0.4) is 0 Å². The predicted molar refractivity (Wildman–Crippen MR) is 138 cm³/mol. The van der Waals surface area contributed by atoms with Gasteiger partial charge in [-0.25, -0.2) is 17.7 Å². The van der Waals surface area contributed by atoms with E-state index in [1.165, 1.54) is 10.6 Å². The SMILES string of the molecule is Cc1ccccc1-c1cc2cnc(NC3CCNCC3)nc2n(C2CCN(S(C)(=O)=O)CC2)c1=O. The van der Waals surface area contributed by atoms with Gasteiger partial charge in [-0.15, -0.1) is 0 Å². The molecule has 2 N–H and O–H groups in total. The van der Waals surface area contributed by atoms with Crippen molar-refractivity contribution in [1.29, 1.82) is 0 Å². The Kier molecular flexibility index (Phi) is 6.61. The molecule has 2 saturated heterocycles. The smallest absolute Gasteiger partial charge is 0.260 e. The summed E-state index contributed by atoms with van der Waals surface area (Å²) in [6.07, 6.45) is 6.12. The van der Waals surface area contributed by atoms with Gasteiger partial charge in [-0.1, -0.05) is 24.3 Å². The summed E-state index contributed by atoms with van der Waals surface area (Å²) in [6, 6.07) is 9.88. The van der Waals surface area contributed by atoms with E-state index < -0.39 is 10.0 Å². The summed E-state index contributed by atoms with van der Waals surface area (Å²) < 4.78 is 27.4. The van der Waals surface area contributed by atoms with Gasteiger partial charge in [0.25, 0.3) is 5.56 Å². The molecular formula is C25H32N6O3S. The molecule has 2 aromatic heterocycles. The van der Waals surface area contributed by atoms with Crippen molar-refractivity contribution in [3.05, 3.63) is 52.4 Å². The molecular weight excluding hydrogens is 464 g/mol. The number of rotatable bonds is 5. The standard InChI is InChI=1S/C25H32N6O3S/c1-17-5-3-4-6-21(17)22-15-18-16-27-25(28-19-7-11-26-12-8-19)29-23(18)31(24(22)32)20-9-13-30(14-10-20)35(2,33)34/h3-6,15-16,19-20,26H,7-14H2,1-2H3,(H,27,28,29). The molecule has 0 atom stereocenters. The van der Waals surface area contributed by atoms with E-state index in [9.17, 15) is 13.2 Å². The highest BCUT2D eigenvalue weighted by atomic mass is 32.2. The quantitative estimate of drug-likeness (QED) is 0.559. The summed E-state index contributed by atoms with van der Waals surface area (Å²) >= 11 is 0. The van der Waals surface area contributed by atoms with Crippen LogP contribution in [-0.4, -0.2) is 65.7 Å². The molecule has 3 aromatic rings. The van der Waals surface area contributed by atoms with Gasteiger partial charge in [-0.05, 0) is 62.9 Å². The zero-order valence-corrected chi connectivity index (χ0v) is 21.0. The molecule has 2 fully saturated rings. The van der Waals surface area contributed by atoms with Gasteiger partial charge >= 0.3 is 0 Å². The first-order chi connectivity index (χ1) is 16.8. The molecule has 10 heteroatoms. The number of hydrogen-bond donors (Lipinski definition) is 2. The van der Waals surface area contributed by atoms with E-state index in [0.717, 1.165) is 42.4 Å². The van der Waals surface area contributed by atoms with Crippen LogP contribution >= 0.6 is 0 Å². The molecule has 0 amide bonds. The summed E-state index contributed by atoms with van der Waals surface area (Å²) in [4.78, 5) is 23.3. The number of hydrogen-bond acceptors (Lipinski definition) is 7. The van der Waals surface area contributed by atoms with Crippen molar-refractivity contribution in [2.45, 2.75) is 44.7 Å². The molecule has 9 nitrogen and oxygen atoms in total. The van der Waals surface area contributed by atoms with Crippen LogP contribution in [0.4, 0.5) is 5.95 Å². The van der Waals surface area contributed by atoms with Crippen molar-refractivity contribution >= 4 is 27.0 Å². The fourth-order valence-corrected chi connectivity index (χ4v) is 6.05. The van der Waals surface area contributed by atoms with Gasteiger partial charge in [-0.3, -0.25) is 9.36 Å². The van der Waals surface area contributed by atoms with Crippen molar-refractivity contribution in [3.8, 4) is 11.1 Å². The monoisotopic (exact) mass is 496 g/mol. The normalized spacial score (nSPS) is 18.7. The Morgan fingerprint density at radius 2 is 1.77 bits per heavy atom. The lowest BCUT2D eigenvalue weighted by molar-refractivity contribution is 0.275. The number of nitrogens with one attached hydrogen (secondary N) is 2. The molecule has 0 spiro atoms. The zero-order chi connectivity index (χ0) is 24.6. The van der Waals surface area contributed by atoms with Crippen molar-refractivity contribution in [3.63, 3.8) is 0 Å². The Labute approximate surface area is 205 Å². The highest BCUT2D eigenvalue weighted by molar-refractivity contribution is 7.88. The average Bonchev–Trinajstić information content (AvgIpc) is 2.84. The second-order valence-electron chi connectivity index (χ2n) is 9.58. The first-order valence-corrected chi connectivity index (χ1v) is 14.1. The summed E-state index contributed by atoms with van der Waals surface area (Å²) in [7, 11) is -3.26. The molecule has 2 aliphatic heterocycles. The summed E-state index contributed by atoms with van der Waals surface area (Å²) in [5.41, 5.74) is 3.02. The van der Waals surface area contributed by atoms with Gasteiger partial charge in [0.2, 0.25) is 16.0 Å². The summed E-state index contributed by atoms with van der Waals surface area (Å²) in [5, 5.41) is 7.59. The number of aryl methyl sites for hydroxylation is 1. The third-order valence-corrected chi connectivity index (χ3v) is 8.44. The number of fused-ring (bicyclic) bond motifs is 1. The summed E-state index contributed by atoms with van der Waals surface area (Å²) in [6.45, 7) is 4.67. The van der Waals surface area contributed by atoms with Crippen molar-refractivity contribution < 1.29 is 8.42 Å². The highest BCUT2D eigenvalue weighted by Crippen LogP contribution is 2.29. The molecule has 186 valence electrons. The number of benzene rings is 1. The van der Waals surface area contributed by atoms with Gasteiger partial charge in [0.15, 0.2) is 0 Å². The van der Waals surface area contributed by atoms with Crippen LogP contribution in [0.1, 0.15) is 37.3 Å². The third-order valence-electron chi connectivity index (χ3n) is 7.14. The maximum absolute atomic E-state index is 14.0. The fourth-order valence-electron chi connectivity index (χ4n) is 5.18. The van der Waals surface area contributed by atoms with E-state index in [1.807, 2.05) is 37.3 Å². The Hall–Kier alpha value is -2.82. The molecule has 5 rings (SSSR count). The number of nitrogens with zero attached hydrogens (tertiary/aromatic N) is 4. The fraction of sp³-hybridized carbons (Fsp3) is 0.480. The van der Waals surface area contributed by atoms with E-state index in [-0.39, 0.29) is 17.6 Å². The topological polar surface area (TPSA) is 109 Å². The second-order valence-corrected chi connectivity index (χ2v) is 11.6. The van der Waals surface area contributed by atoms with Crippen LogP contribution in [0, 0.1) is 6.92 Å². The molecule has 0 unspecified atom stereocenters. The predicted octanol–water partition coefficient (Wildman–Crippen LogP) is 2.53. The molecule has 35 heavy (non-hydrogen) atoms. The average molecular weight is 497 g/mol. The molecule has 0 saturated carbocycles. The zero-order valence-electron chi connectivity index (χ0n) is 20.2. The minimum absolute atomic E-state index is 0.101. The van der Waals surface area contributed by atoms with Crippen molar-refractivity contribution in [2.75, 3.05) is 37.8 Å². The van der Waals surface area contributed by atoms with Crippen molar-refractivity contribution in [1.82, 2.24) is 24.2 Å². The highest BCUT2D eigenvalue weighted by Gasteiger charge is 2.29. The third kappa shape index (κ3) is 4.96. The Morgan fingerprint density at radius 3 is 2.46 bits per heavy atom. The molecule has 0 radical (unpaired) electrons. The van der Waals surface area contributed by atoms with Crippen molar-refractivity contribution in [2.24, 2.45) is 0 Å². The van der Waals surface area contributed by atoms with E-state index in [2.05, 4.69) is 15.6 Å². The van der Waals surface area contributed by atoms with Gasteiger partial charge in [0, 0.05) is 42.3 Å². The number of pyridine rings is 1. The minimum atomic E-state index is -3.26. The molecule has 4 heterocycles. The Morgan fingerprint density at radius 1 is 1.06 bits per heavy atom. The molecule has 1 aromatic carbocycles. The molecule has 0 aliphatic carbocycles. The van der Waals surface area contributed by atoms with Gasteiger partial charge in [0.1, 0.15) is 5.65 Å². The number of anilines is 1. The Bertz CT molecular complexity index is 1390. The summed E-state index contributed by atoms with van der Waals surface area (Å²) in [5.74, 6) is 0.523. The van der Waals surface area contributed by atoms with Gasteiger partial charge in [-0.2, -0.15) is 4.98 Å². The lowest BCUT2D eigenvalue weighted by Gasteiger charge is -2.32. The first-order valence-electron chi connectivity index (χ1n) is 12.2. The Balaban J connectivity index is 1.60. The van der Waals surface area contributed by atoms with Crippen LogP contribution in [-0.2, 0) is 10.0 Å². The van der Waals surface area contributed by atoms with E-state index in [4.69, 9.17) is 4.98 Å². The minimum Gasteiger partial charge on any atom is -0.351 e. The first kappa shape index (κ1) is 23.9. The van der Waals surface area contributed by atoms with E-state index in [1.54, 1.807) is 10.8 Å². The van der Waals surface area contributed by atoms with Crippen LogP contribution < -0.4 is 16.2 Å². The number of sulfonamides is 1. The molecule has 0 bridgehead atoms. The lowest BCUT2D eigenvalue weighted by atomic mass is 9.99. The largest absolute Gasteiger partial charge is 0.351 e. The van der Waals surface area contributed by atoms with Crippen LogP contribution in [0.25, 0.3) is 22.2 Å². The maximum Gasteiger partial charge on any atom is 0.260 e. The number of piperidine rings is 2. The van der Waals surface area contributed by atoms with Gasteiger partial charge < -0.3 is 10.6 Å². The van der Waals surface area contributed by atoms with E-state index >= 15 is 0 Å². The van der Waals surface area contributed by atoms with E-state index in [0.29, 0.717) is 43.1 Å². The van der Waals surface area contributed by atoms with Crippen LogP contribution in [0.5, 0.6) is 0 Å². The maximum atomic E-state index is 14.0. The number of aromatic nitrogens is 3. The van der Waals surface area contributed by atoms with Crippen LogP contribution in [0.2, 0.25) is 0 Å².